The summed E-state index contributed by atoms with van der Waals surface area (Å²) in [5.41, 5.74) is 7.40. The van der Waals surface area contributed by atoms with Gasteiger partial charge in [0.15, 0.2) is 0 Å². The molecule has 0 saturated carbocycles. The van der Waals surface area contributed by atoms with Gasteiger partial charge in [0, 0.05) is 13.1 Å². The summed E-state index contributed by atoms with van der Waals surface area (Å²) in [5, 5.41) is 0. The molecule has 1 heterocycles. The van der Waals surface area contributed by atoms with Crippen molar-refractivity contribution < 1.29 is 8.42 Å². The van der Waals surface area contributed by atoms with Crippen LogP contribution in [0.2, 0.25) is 0 Å². The van der Waals surface area contributed by atoms with Gasteiger partial charge in [0.25, 0.3) is 0 Å². The molecule has 0 amide bonds. The van der Waals surface area contributed by atoms with E-state index in [-0.39, 0.29) is 4.90 Å². The first-order chi connectivity index (χ1) is 8.44. The molecule has 1 aliphatic heterocycles. The Morgan fingerprint density at radius 2 is 2.17 bits per heavy atom. The van der Waals surface area contributed by atoms with Crippen molar-refractivity contribution in [1.29, 1.82) is 0 Å². The molecule has 18 heavy (non-hydrogen) atoms. The van der Waals surface area contributed by atoms with Crippen molar-refractivity contribution in [3.05, 3.63) is 18.2 Å². The van der Waals surface area contributed by atoms with Crippen LogP contribution in [-0.2, 0) is 10.0 Å². The zero-order valence-corrected chi connectivity index (χ0v) is 11.5. The number of sulfonamides is 1. The summed E-state index contributed by atoms with van der Waals surface area (Å²) in [6.07, 6.45) is 1.15. The zero-order valence-electron chi connectivity index (χ0n) is 10.7. The number of nitrogens with two attached hydrogens (primary N) is 1. The zero-order chi connectivity index (χ0) is 13.3. The molecule has 2 rings (SSSR count). The average molecular weight is 269 g/mol. The highest BCUT2D eigenvalue weighted by atomic mass is 32.2. The Labute approximate surface area is 108 Å². The van der Waals surface area contributed by atoms with E-state index in [0.29, 0.717) is 11.6 Å². The van der Waals surface area contributed by atoms with Crippen LogP contribution in [0.3, 0.4) is 0 Å². The second-order valence-electron chi connectivity index (χ2n) is 4.77. The van der Waals surface area contributed by atoms with Crippen molar-refractivity contribution in [1.82, 2.24) is 4.72 Å². The smallest absolute Gasteiger partial charge is 0.240 e. The number of hydrogen-bond acceptors (Lipinski definition) is 4. The summed E-state index contributed by atoms with van der Waals surface area (Å²) in [5.74, 6) is 0.658. The largest absolute Gasteiger partial charge is 0.397 e. The van der Waals surface area contributed by atoms with E-state index in [1.54, 1.807) is 12.1 Å². The van der Waals surface area contributed by atoms with E-state index in [9.17, 15) is 8.42 Å². The van der Waals surface area contributed by atoms with Crippen molar-refractivity contribution in [3.63, 3.8) is 0 Å². The first-order valence-electron chi connectivity index (χ1n) is 6.02. The predicted molar refractivity (Wildman–Crippen MR) is 73.1 cm³/mol. The minimum Gasteiger partial charge on any atom is -0.397 e. The van der Waals surface area contributed by atoms with Crippen LogP contribution in [0.1, 0.15) is 13.3 Å². The molecule has 0 bridgehead atoms. The van der Waals surface area contributed by atoms with Crippen molar-refractivity contribution >= 4 is 21.4 Å². The van der Waals surface area contributed by atoms with Gasteiger partial charge in [0.2, 0.25) is 10.0 Å². The van der Waals surface area contributed by atoms with Crippen LogP contribution in [0.25, 0.3) is 0 Å². The molecule has 1 fully saturated rings. The molecule has 1 atom stereocenters. The van der Waals surface area contributed by atoms with Crippen molar-refractivity contribution in [2.75, 3.05) is 30.8 Å². The van der Waals surface area contributed by atoms with E-state index in [1.807, 2.05) is 0 Å². The third kappa shape index (κ3) is 2.44. The number of nitrogens with zero attached hydrogens (tertiary/aromatic N) is 1. The Morgan fingerprint density at radius 1 is 1.44 bits per heavy atom. The maximum absolute atomic E-state index is 11.7. The molecule has 1 aromatic rings. The SMILES string of the molecule is CNS(=O)(=O)c1ccc(N2CCC(C)C2)c(N)c1. The molecule has 0 aliphatic carbocycles. The minimum absolute atomic E-state index is 0.207. The van der Waals surface area contributed by atoms with Gasteiger partial charge in [-0.05, 0) is 37.6 Å². The summed E-state index contributed by atoms with van der Waals surface area (Å²) < 4.78 is 25.6. The highest BCUT2D eigenvalue weighted by Crippen LogP contribution is 2.30. The van der Waals surface area contributed by atoms with E-state index in [1.165, 1.54) is 13.1 Å². The molecule has 3 N–H and O–H groups in total. The second kappa shape index (κ2) is 4.78. The molecule has 100 valence electrons. The standard InChI is InChI=1S/C12H19N3O2S/c1-9-5-6-15(8-9)12-4-3-10(7-11(12)13)18(16,17)14-2/h3-4,7,9,14H,5-6,8,13H2,1-2H3. The quantitative estimate of drug-likeness (QED) is 0.803. The molecule has 6 heteroatoms. The van der Waals surface area contributed by atoms with Crippen LogP contribution in [0.15, 0.2) is 23.1 Å². The molecule has 0 aromatic heterocycles. The number of nitrogen functional groups attached to an aromatic ring is 1. The van der Waals surface area contributed by atoms with Crippen LogP contribution < -0.4 is 15.4 Å². The maximum Gasteiger partial charge on any atom is 0.240 e. The van der Waals surface area contributed by atoms with Crippen LogP contribution in [0, 0.1) is 5.92 Å². The summed E-state index contributed by atoms with van der Waals surface area (Å²) >= 11 is 0. The van der Waals surface area contributed by atoms with Gasteiger partial charge in [0.1, 0.15) is 0 Å². The average Bonchev–Trinajstić information content (AvgIpc) is 2.75. The second-order valence-corrected chi connectivity index (χ2v) is 6.65. The van der Waals surface area contributed by atoms with Gasteiger partial charge in [-0.3, -0.25) is 0 Å². The van der Waals surface area contributed by atoms with E-state index in [4.69, 9.17) is 5.73 Å². The Morgan fingerprint density at radius 3 is 2.67 bits per heavy atom. The van der Waals surface area contributed by atoms with Crippen molar-refractivity contribution in [2.45, 2.75) is 18.2 Å². The summed E-state index contributed by atoms with van der Waals surface area (Å²) in [4.78, 5) is 2.41. The Kier molecular flexibility index (Phi) is 3.49. The maximum atomic E-state index is 11.7. The lowest BCUT2D eigenvalue weighted by Gasteiger charge is -2.20. The van der Waals surface area contributed by atoms with E-state index in [2.05, 4.69) is 16.5 Å². The fourth-order valence-electron chi connectivity index (χ4n) is 2.26. The Hall–Kier alpha value is -1.27. The van der Waals surface area contributed by atoms with Gasteiger partial charge in [0.05, 0.1) is 16.3 Å². The van der Waals surface area contributed by atoms with Crippen molar-refractivity contribution in [2.24, 2.45) is 5.92 Å². The highest BCUT2D eigenvalue weighted by molar-refractivity contribution is 7.89. The van der Waals surface area contributed by atoms with E-state index < -0.39 is 10.0 Å². The third-order valence-electron chi connectivity index (χ3n) is 3.34. The summed E-state index contributed by atoms with van der Waals surface area (Å²) in [6, 6.07) is 4.91. The van der Waals surface area contributed by atoms with Gasteiger partial charge in [-0.1, -0.05) is 6.92 Å². The van der Waals surface area contributed by atoms with Gasteiger partial charge in [-0.15, -0.1) is 0 Å². The van der Waals surface area contributed by atoms with Gasteiger partial charge < -0.3 is 10.6 Å². The molecular formula is C12H19N3O2S. The Balaban J connectivity index is 2.31. The number of benzene rings is 1. The molecular weight excluding hydrogens is 250 g/mol. The van der Waals surface area contributed by atoms with Crippen LogP contribution in [0.5, 0.6) is 0 Å². The molecule has 0 radical (unpaired) electrons. The number of anilines is 2. The lowest BCUT2D eigenvalue weighted by atomic mass is 10.2. The summed E-state index contributed by atoms with van der Waals surface area (Å²) in [7, 11) is -2.03. The fraction of sp³-hybridized carbons (Fsp3) is 0.500. The molecule has 0 spiro atoms. The van der Waals surface area contributed by atoms with E-state index >= 15 is 0 Å². The van der Waals surface area contributed by atoms with Gasteiger partial charge in [-0.25, -0.2) is 13.1 Å². The number of rotatable bonds is 3. The molecule has 1 aromatic carbocycles. The fourth-order valence-corrected chi connectivity index (χ4v) is 3.02. The van der Waals surface area contributed by atoms with E-state index in [0.717, 1.165) is 25.2 Å². The molecule has 1 saturated heterocycles. The topological polar surface area (TPSA) is 75.4 Å². The molecule has 5 nitrogen and oxygen atoms in total. The lowest BCUT2D eigenvalue weighted by molar-refractivity contribution is 0.588. The van der Waals surface area contributed by atoms with Crippen LogP contribution in [0.4, 0.5) is 11.4 Å². The van der Waals surface area contributed by atoms with Gasteiger partial charge >= 0.3 is 0 Å². The minimum atomic E-state index is -3.42. The normalized spacial score (nSPS) is 20.3. The van der Waals surface area contributed by atoms with Crippen molar-refractivity contribution in [3.8, 4) is 0 Å². The Bertz CT molecular complexity index is 542. The first-order valence-corrected chi connectivity index (χ1v) is 7.50. The monoisotopic (exact) mass is 269 g/mol. The third-order valence-corrected chi connectivity index (χ3v) is 4.75. The number of hydrogen-bond donors (Lipinski definition) is 2. The molecule has 1 aliphatic rings. The van der Waals surface area contributed by atoms with Gasteiger partial charge in [-0.2, -0.15) is 0 Å². The predicted octanol–water partition coefficient (Wildman–Crippen LogP) is 1.02. The van der Waals surface area contributed by atoms with Crippen LogP contribution in [-0.4, -0.2) is 28.6 Å². The molecule has 1 unspecified atom stereocenters. The summed E-state index contributed by atoms with van der Waals surface area (Å²) in [6.45, 7) is 4.15. The first kappa shape index (κ1) is 13.2. The highest BCUT2D eigenvalue weighted by Gasteiger charge is 2.21. The lowest BCUT2D eigenvalue weighted by Crippen LogP contribution is -2.22. The number of nitrogens with one attached hydrogen (secondary N) is 1. The van der Waals surface area contributed by atoms with Crippen LogP contribution >= 0.6 is 0 Å².